The molecule has 0 aliphatic carbocycles. The summed E-state index contributed by atoms with van der Waals surface area (Å²) in [4.78, 5) is 0. The predicted molar refractivity (Wildman–Crippen MR) is 53.9 cm³/mol. The Morgan fingerprint density at radius 1 is 1.36 bits per heavy atom. The van der Waals surface area contributed by atoms with E-state index in [1.807, 2.05) is 0 Å². The standard InChI is InChI=1S/C10H14N2O2/c1-10(2,3)12(14)8-9-6-4-5-7-11(9)13/h4-8H,1-3H3/b12-8-. The van der Waals surface area contributed by atoms with Crippen LogP contribution in [0.3, 0.4) is 0 Å². The summed E-state index contributed by atoms with van der Waals surface area (Å²) >= 11 is 0. The first-order valence-electron chi connectivity index (χ1n) is 4.41. The third kappa shape index (κ3) is 2.45. The van der Waals surface area contributed by atoms with Gasteiger partial charge in [-0.05, 0) is 6.07 Å². The highest BCUT2D eigenvalue weighted by molar-refractivity contribution is 5.70. The zero-order valence-electron chi connectivity index (χ0n) is 8.60. The third-order valence-corrected chi connectivity index (χ3v) is 1.76. The van der Waals surface area contributed by atoms with Gasteiger partial charge in [-0.25, -0.2) is 4.74 Å². The minimum atomic E-state index is -0.525. The number of hydrogen-bond donors (Lipinski definition) is 0. The van der Waals surface area contributed by atoms with Crippen LogP contribution >= 0.6 is 0 Å². The van der Waals surface area contributed by atoms with Gasteiger partial charge >= 0.3 is 0 Å². The van der Waals surface area contributed by atoms with Gasteiger partial charge in [-0.15, -0.1) is 0 Å². The van der Waals surface area contributed by atoms with Crippen molar-refractivity contribution in [2.45, 2.75) is 26.3 Å². The van der Waals surface area contributed by atoms with Crippen LogP contribution in [0.2, 0.25) is 0 Å². The second kappa shape index (κ2) is 3.65. The van der Waals surface area contributed by atoms with Crippen LogP contribution in [0.5, 0.6) is 0 Å². The van der Waals surface area contributed by atoms with Crippen molar-refractivity contribution in [3.63, 3.8) is 0 Å². The Balaban J connectivity index is 3.04. The Hall–Kier alpha value is -1.58. The van der Waals surface area contributed by atoms with Crippen LogP contribution in [0.15, 0.2) is 24.4 Å². The maximum atomic E-state index is 11.5. The summed E-state index contributed by atoms with van der Waals surface area (Å²) in [5, 5.41) is 22.7. The summed E-state index contributed by atoms with van der Waals surface area (Å²) in [5.41, 5.74) is -0.180. The second-order valence-corrected chi connectivity index (χ2v) is 4.08. The van der Waals surface area contributed by atoms with E-state index in [0.717, 1.165) is 4.74 Å². The fourth-order valence-electron chi connectivity index (χ4n) is 0.855. The van der Waals surface area contributed by atoms with Crippen LogP contribution in [0, 0.1) is 10.4 Å². The fourth-order valence-corrected chi connectivity index (χ4v) is 0.855. The molecule has 0 unspecified atom stereocenters. The van der Waals surface area contributed by atoms with E-state index in [1.54, 1.807) is 39.0 Å². The zero-order chi connectivity index (χ0) is 10.8. The summed E-state index contributed by atoms with van der Waals surface area (Å²) in [6, 6.07) is 4.94. The molecule has 0 aliphatic heterocycles. The van der Waals surface area contributed by atoms with Crippen molar-refractivity contribution in [3.8, 4) is 0 Å². The van der Waals surface area contributed by atoms with Crippen LogP contribution in [-0.4, -0.2) is 16.5 Å². The summed E-state index contributed by atoms with van der Waals surface area (Å²) in [6.45, 7) is 5.36. The maximum absolute atomic E-state index is 11.5. The van der Waals surface area contributed by atoms with E-state index < -0.39 is 5.54 Å². The van der Waals surface area contributed by atoms with Crippen molar-refractivity contribution >= 4 is 6.21 Å². The average molecular weight is 194 g/mol. The average Bonchev–Trinajstić information content (AvgIpc) is 2.07. The molecule has 76 valence electrons. The van der Waals surface area contributed by atoms with Gasteiger partial charge in [0.1, 0.15) is 0 Å². The molecule has 0 spiro atoms. The molecule has 0 atom stereocenters. The van der Waals surface area contributed by atoms with Crippen LogP contribution in [-0.2, 0) is 0 Å². The summed E-state index contributed by atoms with van der Waals surface area (Å²) in [5.74, 6) is 0. The number of pyridine rings is 1. The van der Waals surface area contributed by atoms with Crippen LogP contribution in [0.1, 0.15) is 26.5 Å². The van der Waals surface area contributed by atoms with Crippen LogP contribution < -0.4 is 4.73 Å². The fraction of sp³-hybridized carbons (Fsp3) is 0.400. The molecule has 1 aromatic rings. The molecule has 0 bridgehead atoms. The topological polar surface area (TPSA) is 53.0 Å². The molecule has 14 heavy (non-hydrogen) atoms. The number of rotatable bonds is 1. The lowest BCUT2D eigenvalue weighted by atomic mass is 10.1. The molecule has 4 nitrogen and oxygen atoms in total. The first-order valence-corrected chi connectivity index (χ1v) is 4.41. The maximum Gasteiger partial charge on any atom is 0.281 e. The highest BCUT2D eigenvalue weighted by Crippen LogP contribution is 2.04. The number of hydroxylamine groups is 1. The SMILES string of the molecule is CC(C)(C)/[N+]([O-])=C/c1cccc[n+]1[O-]. The van der Waals surface area contributed by atoms with Gasteiger partial charge in [-0.2, -0.15) is 4.73 Å². The van der Waals surface area contributed by atoms with Crippen molar-refractivity contribution in [2.24, 2.45) is 0 Å². The van der Waals surface area contributed by atoms with Crippen molar-refractivity contribution in [2.75, 3.05) is 0 Å². The van der Waals surface area contributed by atoms with Crippen molar-refractivity contribution in [3.05, 3.63) is 40.5 Å². The lowest BCUT2D eigenvalue weighted by molar-refractivity contribution is -0.612. The van der Waals surface area contributed by atoms with Crippen molar-refractivity contribution in [1.29, 1.82) is 0 Å². The first-order chi connectivity index (χ1) is 6.41. The number of hydrogen-bond acceptors (Lipinski definition) is 2. The molecular weight excluding hydrogens is 180 g/mol. The van der Waals surface area contributed by atoms with Crippen molar-refractivity contribution < 1.29 is 9.47 Å². The molecule has 0 aromatic carbocycles. The summed E-state index contributed by atoms with van der Waals surface area (Å²) < 4.78 is 1.44. The lowest BCUT2D eigenvalue weighted by Crippen LogP contribution is -2.35. The van der Waals surface area contributed by atoms with Gasteiger partial charge in [0.25, 0.3) is 5.69 Å². The second-order valence-electron chi connectivity index (χ2n) is 4.08. The molecule has 0 fully saturated rings. The molecule has 1 heterocycles. The van der Waals surface area contributed by atoms with Gasteiger partial charge in [0.05, 0.1) is 0 Å². The quantitative estimate of drug-likeness (QED) is 0.290. The minimum Gasteiger partial charge on any atom is -0.623 e. The molecule has 0 saturated heterocycles. The van der Waals surface area contributed by atoms with Gasteiger partial charge in [0.15, 0.2) is 11.7 Å². The molecule has 1 rings (SSSR count). The van der Waals surface area contributed by atoms with E-state index in [1.165, 1.54) is 12.4 Å². The van der Waals surface area contributed by atoms with E-state index in [-0.39, 0.29) is 0 Å². The van der Waals surface area contributed by atoms with Gasteiger partial charge < -0.3 is 10.4 Å². The van der Waals surface area contributed by atoms with Gasteiger partial charge in [-0.3, -0.25) is 0 Å². The molecule has 0 aliphatic rings. The monoisotopic (exact) mass is 194 g/mol. The van der Waals surface area contributed by atoms with Gasteiger partial charge in [0, 0.05) is 32.9 Å². The zero-order valence-corrected chi connectivity index (χ0v) is 8.60. The molecule has 1 aromatic heterocycles. The number of aromatic nitrogens is 1. The smallest absolute Gasteiger partial charge is 0.281 e. The predicted octanol–water partition coefficient (Wildman–Crippen LogP) is 1.05. The molecule has 0 amide bonds. The summed E-state index contributed by atoms with van der Waals surface area (Å²) in [7, 11) is 0. The van der Waals surface area contributed by atoms with E-state index in [2.05, 4.69) is 0 Å². The Kier molecular flexibility index (Phi) is 2.74. The highest BCUT2D eigenvalue weighted by Gasteiger charge is 2.19. The van der Waals surface area contributed by atoms with E-state index in [4.69, 9.17) is 0 Å². The van der Waals surface area contributed by atoms with E-state index in [9.17, 15) is 10.4 Å². The van der Waals surface area contributed by atoms with Crippen molar-refractivity contribution in [1.82, 2.24) is 0 Å². The molecule has 0 saturated carbocycles. The Morgan fingerprint density at radius 2 is 2.00 bits per heavy atom. The largest absolute Gasteiger partial charge is 0.623 e. The van der Waals surface area contributed by atoms with Crippen LogP contribution in [0.25, 0.3) is 0 Å². The molecule has 4 heteroatoms. The Bertz CT molecular complexity index is 353. The minimum absolute atomic E-state index is 0.345. The van der Waals surface area contributed by atoms with Crippen LogP contribution in [0.4, 0.5) is 0 Å². The normalized spacial score (nSPS) is 12.9. The Labute approximate surface area is 83.3 Å². The van der Waals surface area contributed by atoms with Gasteiger partial charge in [-0.1, -0.05) is 0 Å². The summed E-state index contributed by atoms with van der Waals surface area (Å²) in [6.07, 6.45) is 2.66. The van der Waals surface area contributed by atoms with E-state index >= 15 is 0 Å². The van der Waals surface area contributed by atoms with E-state index in [0.29, 0.717) is 10.4 Å². The first kappa shape index (κ1) is 10.5. The third-order valence-electron chi connectivity index (χ3n) is 1.76. The highest BCUT2D eigenvalue weighted by atomic mass is 16.5. The lowest BCUT2D eigenvalue weighted by Gasteiger charge is -2.17. The van der Waals surface area contributed by atoms with Gasteiger partial charge in [0.2, 0.25) is 6.21 Å². The molecular formula is C10H14N2O2. The molecule has 0 N–H and O–H groups in total. The number of nitrogens with zero attached hydrogens (tertiary/aromatic N) is 2. The Morgan fingerprint density at radius 3 is 2.50 bits per heavy atom. The molecule has 0 radical (unpaired) electrons.